The van der Waals surface area contributed by atoms with Gasteiger partial charge in [0.25, 0.3) is 0 Å². The molecule has 166 valence electrons. The van der Waals surface area contributed by atoms with Crippen LogP contribution >= 0.6 is 12.6 Å². The maximum Gasteiger partial charge on any atom is 0.410 e. The molecule has 0 radical (unpaired) electrons. The van der Waals surface area contributed by atoms with Crippen molar-refractivity contribution in [2.24, 2.45) is 0 Å². The van der Waals surface area contributed by atoms with E-state index in [0.29, 0.717) is 63.7 Å². The Morgan fingerprint density at radius 1 is 1.10 bits per heavy atom. The molecule has 0 spiro atoms. The number of benzene rings is 1. The first kappa shape index (κ1) is 22.8. The largest absolute Gasteiger partial charge is 0.444 e. The van der Waals surface area contributed by atoms with E-state index in [4.69, 9.17) is 9.47 Å². The van der Waals surface area contributed by atoms with Crippen molar-refractivity contribution in [3.63, 3.8) is 0 Å². The van der Waals surface area contributed by atoms with Gasteiger partial charge in [-0.2, -0.15) is 12.6 Å². The molecule has 2 aliphatic rings. The van der Waals surface area contributed by atoms with E-state index in [1.54, 1.807) is 17.0 Å². The van der Waals surface area contributed by atoms with Crippen LogP contribution in [0.5, 0.6) is 0 Å². The zero-order valence-corrected chi connectivity index (χ0v) is 18.7. The Kier molecular flexibility index (Phi) is 7.26. The van der Waals surface area contributed by atoms with Crippen molar-refractivity contribution in [3.8, 4) is 0 Å². The summed E-state index contributed by atoms with van der Waals surface area (Å²) in [4.78, 5) is 30.3. The summed E-state index contributed by atoms with van der Waals surface area (Å²) in [5.74, 6) is -0.672. The molecule has 0 bridgehead atoms. The fraction of sp³-hybridized carbons (Fsp3) is 0.619. The lowest BCUT2D eigenvalue weighted by Gasteiger charge is -2.37. The third-order valence-electron chi connectivity index (χ3n) is 5.13. The van der Waals surface area contributed by atoms with Crippen molar-refractivity contribution >= 4 is 30.2 Å². The molecule has 0 N–H and O–H groups in total. The predicted molar refractivity (Wildman–Crippen MR) is 116 cm³/mol. The third-order valence-corrected chi connectivity index (χ3v) is 5.69. The number of nitrogens with zero attached hydrogens (tertiary/aromatic N) is 3. The SMILES string of the molecule is CC(C)(C)OC(=O)N1CCN(c2ccc(C(=O)C(S)N3CCOCC3)cc2F)CC1. The predicted octanol–water partition coefficient (Wildman–Crippen LogP) is 2.65. The number of halogens is 1. The number of ether oxygens (including phenoxy) is 2. The van der Waals surface area contributed by atoms with Gasteiger partial charge in [-0.25, -0.2) is 9.18 Å². The molecular weight excluding hydrogens is 409 g/mol. The van der Waals surface area contributed by atoms with Crippen LogP contribution in [0.25, 0.3) is 0 Å². The average Bonchev–Trinajstić information content (AvgIpc) is 2.72. The molecule has 1 amide bonds. The molecule has 0 saturated carbocycles. The minimum Gasteiger partial charge on any atom is -0.444 e. The highest BCUT2D eigenvalue weighted by molar-refractivity contribution is 7.81. The summed E-state index contributed by atoms with van der Waals surface area (Å²) in [5, 5.41) is -0.614. The fourth-order valence-electron chi connectivity index (χ4n) is 3.51. The van der Waals surface area contributed by atoms with Crippen molar-refractivity contribution in [2.45, 2.75) is 31.7 Å². The standard InChI is InChI=1S/C21H30FN3O4S/c1-21(2,3)29-20(27)25-8-6-23(7-9-25)17-5-4-15(14-16(17)22)18(26)19(30)24-10-12-28-13-11-24/h4-5,14,19,30H,6-13H2,1-3H3. The van der Waals surface area contributed by atoms with E-state index in [9.17, 15) is 14.0 Å². The minimum atomic E-state index is -0.614. The highest BCUT2D eigenvalue weighted by Gasteiger charge is 2.28. The topological polar surface area (TPSA) is 62.3 Å². The summed E-state index contributed by atoms with van der Waals surface area (Å²) >= 11 is 4.44. The number of anilines is 1. The summed E-state index contributed by atoms with van der Waals surface area (Å²) in [6.07, 6.45) is -0.355. The van der Waals surface area contributed by atoms with Crippen LogP contribution in [0.15, 0.2) is 18.2 Å². The molecule has 3 rings (SSSR count). The van der Waals surface area contributed by atoms with E-state index in [0.717, 1.165) is 0 Å². The molecule has 1 aromatic carbocycles. The van der Waals surface area contributed by atoms with Gasteiger partial charge >= 0.3 is 6.09 Å². The Labute approximate surface area is 182 Å². The molecule has 0 aromatic heterocycles. The number of hydrogen-bond donors (Lipinski definition) is 1. The van der Waals surface area contributed by atoms with Crippen molar-refractivity contribution in [3.05, 3.63) is 29.6 Å². The maximum atomic E-state index is 14.8. The first-order valence-electron chi connectivity index (χ1n) is 10.2. The van der Waals surface area contributed by atoms with Gasteiger partial charge in [-0.15, -0.1) is 0 Å². The first-order valence-corrected chi connectivity index (χ1v) is 10.7. The van der Waals surface area contributed by atoms with Crippen LogP contribution in [0.3, 0.4) is 0 Å². The lowest BCUT2D eigenvalue weighted by molar-refractivity contribution is 0.0240. The number of carbonyl (C=O) groups excluding carboxylic acids is 2. The van der Waals surface area contributed by atoms with Crippen LogP contribution in [0, 0.1) is 5.82 Å². The molecule has 2 saturated heterocycles. The Balaban J connectivity index is 1.60. The molecule has 30 heavy (non-hydrogen) atoms. The van der Waals surface area contributed by atoms with E-state index in [-0.39, 0.29) is 11.9 Å². The van der Waals surface area contributed by atoms with Crippen molar-refractivity contribution in [1.82, 2.24) is 9.80 Å². The highest BCUT2D eigenvalue weighted by Crippen LogP contribution is 2.24. The van der Waals surface area contributed by atoms with Gasteiger partial charge in [0.2, 0.25) is 0 Å². The van der Waals surface area contributed by atoms with Crippen molar-refractivity contribution in [1.29, 1.82) is 0 Å². The van der Waals surface area contributed by atoms with Crippen LogP contribution in [0.4, 0.5) is 14.9 Å². The van der Waals surface area contributed by atoms with Gasteiger partial charge in [0.1, 0.15) is 16.8 Å². The van der Waals surface area contributed by atoms with Crippen LogP contribution in [0.1, 0.15) is 31.1 Å². The monoisotopic (exact) mass is 439 g/mol. The smallest absolute Gasteiger partial charge is 0.410 e. The zero-order valence-electron chi connectivity index (χ0n) is 17.8. The molecule has 1 atom stereocenters. The van der Waals surface area contributed by atoms with Crippen molar-refractivity contribution < 1.29 is 23.5 Å². The van der Waals surface area contributed by atoms with Gasteiger partial charge in [-0.3, -0.25) is 9.69 Å². The molecule has 2 aliphatic heterocycles. The minimum absolute atomic E-state index is 0.222. The maximum absolute atomic E-state index is 14.8. The molecule has 0 aliphatic carbocycles. The van der Waals surface area contributed by atoms with Crippen LogP contribution in [-0.2, 0) is 9.47 Å². The fourth-order valence-corrected chi connectivity index (χ4v) is 3.89. The number of hydrogen-bond acceptors (Lipinski definition) is 7. The van der Waals surface area contributed by atoms with Crippen LogP contribution < -0.4 is 4.90 Å². The number of amides is 1. The highest BCUT2D eigenvalue weighted by atomic mass is 32.1. The molecule has 9 heteroatoms. The number of Topliss-reactive ketones (excluding diaryl/α,β-unsaturated/α-hetero) is 1. The number of rotatable bonds is 4. The van der Waals surface area contributed by atoms with Gasteiger partial charge in [0.15, 0.2) is 5.78 Å². The molecule has 2 fully saturated rings. The molecule has 1 aromatic rings. The second-order valence-corrected chi connectivity index (χ2v) is 9.00. The Hall–Kier alpha value is -1.84. The number of morpholine rings is 1. The van der Waals surface area contributed by atoms with E-state index >= 15 is 0 Å². The summed E-state index contributed by atoms with van der Waals surface area (Å²) in [6, 6.07) is 4.55. The molecule has 1 unspecified atom stereocenters. The zero-order chi connectivity index (χ0) is 21.9. The number of carbonyl (C=O) groups is 2. The third kappa shape index (κ3) is 5.65. The van der Waals surface area contributed by atoms with Crippen molar-refractivity contribution in [2.75, 3.05) is 57.4 Å². The number of piperazine rings is 1. The summed E-state index contributed by atoms with van der Waals surface area (Å²) in [7, 11) is 0. The van der Waals surface area contributed by atoms with Gasteiger partial charge in [0, 0.05) is 44.8 Å². The first-order chi connectivity index (χ1) is 14.2. The second kappa shape index (κ2) is 9.53. The lowest BCUT2D eigenvalue weighted by atomic mass is 10.1. The van der Waals surface area contributed by atoms with Gasteiger partial charge < -0.3 is 19.3 Å². The van der Waals surface area contributed by atoms with E-state index in [2.05, 4.69) is 12.6 Å². The van der Waals surface area contributed by atoms with Crippen LogP contribution in [0.2, 0.25) is 0 Å². The Bertz CT molecular complexity index is 772. The lowest BCUT2D eigenvalue weighted by Crippen LogP contribution is -2.50. The normalized spacial score (nSPS) is 19.5. The van der Waals surface area contributed by atoms with E-state index in [1.165, 1.54) is 6.07 Å². The molecule has 2 heterocycles. The summed E-state index contributed by atoms with van der Waals surface area (Å²) in [6.45, 7) is 9.74. The van der Waals surface area contributed by atoms with E-state index in [1.807, 2.05) is 30.6 Å². The Morgan fingerprint density at radius 2 is 1.73 bits per heavy atom. The van der Waals surface area contributed by atoms with Crippen LogP contribution in [-0.4, -0.2) is 85.1 Å². The summed E-state index contributed by atoms with van der Waals surface area (Å²) < 4.78 is 25.5. The Morgan fingerprint density at radius 3 is 2.30 bits per heavy atom. The number of ketones is 1. The molecule has 7 nitrogen and oxygen atoms in total. The second-order valence-electron chi connectivity index (χ2n) is 8.51. The van der Waals surface area contributed by atoms with Gasteiger partial charge in [0.05, 0.1) is 18.9 Å². The average molecular weight is 440 g/mol. The van der Waals surface area contributed by atoms with Gasteiger partial charge in [-0.1, -0.05) is 0 Å². The van der Waals surface area contributed by atoms with Gasteiger partial charge in [-0.05, 0) is 39.0 Å². The summed E-state index contributed by atoms with van der Waals surface area (Å²) in [5.41, 5.74) is 0.182. The van der Waals surface area contributed by atoms with E-state index < -0.39 is 16.8 Å². The quantitative estimate of drug-likeness (QED) is 0.575. The number of thiol groups is 1. The molecular formula is C21H30FN3O4S.